The summed E-state index contributed by atoms with van der Waals surface area (Å²) >= 11 is 0. The average Bonchev–Trinajstić information content (AvgIpc) is 2.57. The van der Waals surface area contributed by atoms with Crippen molar-refractivity contribution in [2.75, 3.05) is 14.2 Å². The van der Waals surface area contributed by atoms with Gasteiger partial charge in [-0.15, -0.1) is 0 Å². The van der Waals surface area contributed by atoms with Gasteiger partial charge in [-0.3, -0.25) is 9.98 Å². The summed E-state index contributed by atoms with van der Waals surface area (Å²) in [5.41, 5.74) is 3.76. The Hall–Kier alpha value is -2.63. The van der Waals surface area contributed by atoms with Crippen LogP contribution in [0.15, 0.2) is 35.5 Å². The van der Waals surface area contributed by atoms with Gasteiger partial charge in [-0.1, -0.05) is 12.1 Å². The quantitative estimate of drug-likeness (QED) is 0.654. The van der Waals surface area contributed by atoms with E-state index < -0.39 is 0 Å². The molecule has 0 fully saturated rings. The third kappa shape index (κ3) is 4.44. The molecule has 0 aliphatic heterocycles. The minimum absolute atomic E-state index is 0.246. The Labute approximate surface area is 142 Å². The Morgan fingerprint density at radius 1 is 1.25 bits per heavy atom. The Bertz CT molecular complexity index is 731. The van der Waals surface area contributed by atoms with E-state index in [9.17, 15) is 4.39 Å². The number of aliphatic imine (C=N–C) groups is 1. The molecule has 0 unspecified atom stereocenters. The number of ether oxygens (including phenoxy) is 1. The zero-order valence-electron chi connectivity index (χ0n) is 14.5. The molecule has 2 aromatic rings. The lowest BCUT2D eigenvalue weighted by molar-refractivity contribution is 0.406. The number of aryl methyl sites for hydroxylation is 1. The first-order chi connectivity index (χ1) is 11.5. The van der Waals surface area contributed by atoms with E-state index in [1.54, 1.807) is 26.4 Å². The van der Waals surface area contributed by atoms with Crippen LogP contribution in [0, 0.1) is 19.7 Å². The highest BCUT2D eigenvalue weighted by Gasteiger charge is 2.10. The van der Waals surface area contributed by atoms with Gasteiger partial charge in [0.15, 0.2) is 5.96 Å². The number of halogens is 1. The summed E-state index contributed by atoms with van der Waals surface area (Å²) in [6.07, 6.45) is 1.80. The minimum atomic E-state index is -0.246. The highest BCUT2D eigenvalue weighted by atomic mass is 19.1. The van der Waals surface area contributed by atoms with Gasteiger partial charge in [0, 0.05) is 30.9 Å². The summed E-state index contributed by atoms with van der Waals surface area (Å²) in [7, 11) is 3.35. The molecule has 0 saturated heterocycles. The van der Waals surface area contributed by atoms with Crippen LogP contribution in [-0.2, 0) is 13.1 Å². The fraction of sp³-hybridized carbons (Fsp3) is 0.333. The topological polar surface area (TPSA) is 58.5 Å². The van der Waals surface area contributed by atoms with Crippen molar-refractivity contribution in [2.45, 2.75) is 26.9 Å². The number of hydrogen-bond acceptors (Lipinski definition) is 3. The maximum Gasteiger partial charge on any atom is 0.191 e. The standard InChI is InChI=1S/C18H23FN4O/c1-12-9-21-16(13(2)17(12)24-4)11-23-18(20-3)22-10-14-6-5-7-15(19)8-14/h5-9H,10-11H2,1-4H3,(H2,20,22,23). The predicted molar refractivity (Wildman–Crippen MR) is 93.7 cm³/mol. The Morgan fingerprint density at radius 3 is 2.67 bits per heavy atom. The van der Waals surface area contributed by atoms with E-state index in [-0.39, 0.29) is 5.82 Å². The summed E-state index contributed by atoms with van der Waals surface area (Å²) in [6, 6.07) is 6.47. The van der Waals surface area contributed by atoms with E-state index in [0.717, 1.165) is 28.1 Å². The van der Waals surface area contributed by atoms with Gasteiger partial charge in [-0.2, -0.15) is 0 Å². The summed E-state index contributed by atoms with van der Waals surface area (Å²) in [5, 5.41) is 6.37. The van der Waals surface area contributed by atoms with Crippen LogP contribution >= 0.6 is 0 Å². The molecule has 0 bridgehead atoms. The second kappa shape index (κ2) is 8.29. The summed E-state index contributed by atoms with van der Waals surface area (Å²) < 4.78 is 18.6. The van der Waals surface area contributed by atoms with Crippen LogP contribution in [0.2, 0.25) is 0 Å². The first-order valence-electron chi connectivity index (χ1n) is 7.73. The van der Waals surface area contributed by atoms with Gasteiger partial charge in [0.05, 0.1) is 19.3 Å². The number of rotatable bonds is 5. The normalized spacial score (nSPS) is 11.3. The second-order valence-corrected chi connectivity index (χ2v) is 5.46. The van der Waals surface area contributed by atoms with E-state index in [4.69, 9.17) is 4.74 Å². The SMILES string of the molecule is CN=C(NCc1cccc(F)c1)NCc1ncc(C)c(OC)c1C. The fourth-order valence-electron chi connectivity index (χ4n) is 2.47. The molecule has 128 valence electrons. The highest BCUT2D eigenvalue weighted by Crippen LogP contribution is 2.23. The van der Waals surface area contributed by atoms with Gasteiger partial charge in [0.1, 0.15) is 11.6 Å². The number of methoxy groups -OCH3 is 1. The maximum atomic E-state index is 13.2. The predicted octanol–water partition coefficient (Wildman–Crippen LogP) is 2.71. The van der Waals surface area contributed by atoms with Crippen molar-refractivity contribution < 1.29 is 9.13 Å². The van der Waals surface area contributed by atoms with Crippen molar-refractivity contribution >= 4 is 5.96 Å². The molecule has 0 radical (unpaired) electrons. The van der Waals surface area contributed by atoms with Crippen molar-refractivity contribution in [3.63, 3.8) is 0 Å². The van der Waals surface area contributed by atoms with Crippen LogP contribution in [0.4, 0.5) is 4.39 Å². The molecule has 2 N–H and O–H groups in total. The molecule has 24 heavy (non-hydrogen) atoms. The van der Waals surface area contributed by atoms with E-state index in [0.29, 0.717) is 19.0 Å². The molecule has 6 heteroatoms. The third-order valence-electron chi connectivity index (χ3n) is 3.75. The summed E-state index contributed by atoms with van der Waals surface area (Å²) in [5.74, 6) is 1.23. The van der Waals surface area contributed by atoms with Crippen molar-refractivity contribution in [3.8, 4) is 5.75 Å². The van der Waals surface area contributed by atoms with Gasteiger partial charge in [0.25, 0.3) is 0 Å². The van der Waals surface area contributed by atoms with E-state index in [2.05, 4.69) is 20.6 Å². The zero-order valence-corrected chi connectivity index (χ0v) is 14.5. The van der Waals surface area contributed by atoms with Crippen LogP contribution in [0.3, 0.4) is 0 Å². The lowest BCUT2D eigenvalue weighted by atomic mass is 10.1. The molecule has 0 aliphatic carbocycles. The van der Waals surface area contributed by atoms with Gasteiger partial charge < -0.3 is 15.4 Å². The first-order valence-corrected chi connectivity index (χ1v) is 7.73. The minimum Gasteiger partial charge on any atom is -0.496 e. The van der Waals surface area contributed by atoms with Crippen LogP contribution < -0.4 is 15.4 Å². The number of hydrogen-bond donors (Lipinski definition) is 2. The summed E-state index contributed by atoms with van der Waals surface area (Å²) in [4.78, 5) is 8.62. The molecular formula is C18H23FN4O. The number of benzene rings is 1. The maximum absolute atomic E-state index is 13.2. The number of aromatic nitrogens is 1. The molecule has 1 heterocycles. The molecule has 0 spiro atoms. The van der Waals surface area contributed by atoms with E-state index >= 15 is 0 Å². The number of nitrogens with one attached hydrogen (secondary N) is 2. The van der Waals surface area contributed by atoms with Crippen LogP contribution in [-0.4, -0.2) is 25.1 Å². The number of pyridine rings is 1. The van der Waals surface area contributed by atoms with Crippen molar-refractivity contribution in [2.24, 2.45) is 4.99 Å². The molecule has 0 aliphatic rings. The second-order valence-electron chi connectivity index (χ2n) is 5.46. The molecule has 1 aromatic carbocycles. The van der Waals surface area contributed by atoms with Crippen LogP contribution in [0.5, 0.6) is 5.75 Å². The molecular weight excluding hydrogens is 307 g/mol. The van der Waals surface area contributed by atoms with Crippen molar-refractivity contribution in [1.29, 1.82) is 0 Å². The lowest BCUT2D eigenvalue weighted by Crippen LogP contribution is -2.36. The van der Waals surface area contributed by atoms with Crippen molar-refractivity contribution in [3.05, 3.63) is 58.7 Å². The molecule has 2 rings (SSSR count). The average molecular weight is 330 g/mol. The highest BCUT2D eigenvalue weighted by molar-refractivity contribution is 5.79. The van der Waals surface area contributed by atoms with Gasteiger partial charge in [-0.25, -0.2) is 4.39 Å². The Morgan fingerprint density at radius 2 is 2.00 bits per heavy atom. The Kier molecular flexibility index (Phi) is 6.12. The van der Waals surface area contributed by atoms with Gasteiger partial charge in [-0.05, 0) is 31.5 Å². The third-order valence-corrected chi connectivity index (χ3v) is 3.75. The molecule has 5 nitrogen and oxygen atoms in total. The molecule has 0 atom stereocenters. The zero-order chi connectivity index (χ0) is 17.5. The number of guanidine groups is 1. The monoisotopic (exact) mass is 330 g/mol. The van der Waals surface area contributed by atoms with Crippen LogP contribution in [0.1, 0.15) is 22.4 Å². The first kappa shape index (κ1) is 17.7. The lowest BCUT2D eigenvalue weighted by Gasteiger charge is -2.15. The molecule has 0 saturated carbocycles. The smallest absolute Gasteiger partial charge is 0.191 e. The number of nitrogens with zero attached hydrogens (tertiary/aromatic N) is 2. The van der Waals surface area contributed by atoms with Crippen molar-refractivity contribution in [1.82, 2.24) is 15.6 Å². The molecule has 1 aromatic heterocycles. The van der Waals surface area contributed by atoms with E-state index in [1.807, 2.05) is 19.9 Å². The van der Waals surface area contributed by atoms with E-state index in [1.165, 1.54) is 12.1 Å². The van der Waals surface area contributed by atoms with Gasteiger partial charge in [0.2, 0.25) is 0 Å². The van der Waals surface area contributed by atoms with Gasteiger partial charge >= 0.3 is 0 Å². The summed E-state index contributed by atoms with van der Waals surface area (Å²) in [6.45, 7) is 4.96. The largest absolute Gasteiger partial charge is 0.496 e. The Balaban J connectivity index is 1.97. The molecule has 0 amide bonds. The van der Waals surface area contributed by atoms with Crippen LogP contribution in [0.25, 0.3) is 0 Å². The fourth-order valence-corrected chi connectivity index (χ4v) is 2.47.